The number of hydrogen-bond donors (Lipinski definition) is 0. The van der Waals surface area contributed by atoms with Crippen LogP contribution in [0.4, 0.5) is 25.8 Å². The number of likely N-dealkylation sites (N-methyl/N-ethyl adjacent to an activating group) is 1. The van der Waals surface area contributed by atoms with E-state index >= 15 is 0 Å². The summed E-state index contributed by atoms with van der Waals surface area (Å²) in [4.78, 5) is 28.5. The summed E-state index contributed by atoms with van der Waals surface area (Å²) in [7, 11) is 1.64. The molecule has 1 fully saturated rings. The standard InChI is InChI=1S/C35H41F2N7O3.C11H25NO/c1-26(21-47-35(3,22-43-25-39-23-40-43)33-14-5-28(36)19-34(33)37)20-46-32-12-10-30(11-13-32)42-17-15-41(16-18-42)29-6-8-31(9-7-29)44(24-38-4)27(2)45;1-5-11(4)10-13-9-8-12(6-2)7-3/h5-14,19,23-26H,15-18,20-22H2,1-4H3;11H,5-10H2,1-4H3. The lowest BCUT2D eigenvalue weighted by atomic mass is 9.94. The van der Waals surface area contributed by atoms with Gasteiger partial charge in [-0.25, -0.2) is 18.4 Å². The number of amides is 1. The fourth-order valence-electron chi connectivity index (χ4n) is 6.74. The molecule has 2 heterocycles. The minimum atomic E-state index is -1.10. The van der Waals surface area contributed by atoms with Crippen LogP contribution < -0.4 is 19.4 Å². The molecule has 12 nitrogen and oxygen atoms in total. The number of benzene rings is 3. The van der Waals surface area contributed by atoms with Crippen molar-refractivity contribution in [3.8, 4) is 5.75 Å². The van der Waals surface area contributed by atoms with Gasteiger partial charge in [0.05, 0.1) is 32.7 Å². The van der Waals surface area contributed by atoms with Crippen molar-refractivity contribution in [3.05, 3.63) is 96.6 Å². The normalized spacial score (nSPS) is 15.1. The highest BCUT2D eigenvalue weighted by atomic mass is 19.1. The number of carbonyl (C=O) groups excluding carboxylic acids is 1. The van der Waals surface area contributed by atoms with Gasteiger partial charge < -0.3 is 28.9 Å². The Morgan fingerprint density at radius 3 is 2.07 bits per heavy atom. The van der Waals surface area contributed by atoms with E-state index < -0.39 is 17.2 Å². The van der Waals surface area contributed by atoms with Gasteiger partial charge in [0.1, 0.15) is 35.6 Å². The number of aliphatic imine (C=N–C) groups is 1. The lowest BCUT2D eigenvalue weighted by molar-refractivity contribution is -0.115. The number of ether oxygens (including phenoxy) is 3. The van der Waals surface area contributed by atoms with Gasteiger partial charge in [-0.05, 0) is 80.5 Å². The van der Waals surface area contributed by atoms with E-state index in [-0.39, 0.29) is 30.5 Å². The Balaban J connectivity index is 0.000000526. The third-order valence-electron chi connectivity index (χ3n) is 10.7. The van der Waals surface area contributed by atoms with E-state index in [4.69, 9.17) is 14.2 Å². The average molecular weight is 833 g/mol. The molecule has 0 N–H and O–H groups in total. The van der Waals surface area contributed by atoms with Crippen molar-refractivity contribution in [1.82, 2.24) is 19.7 Å². The maximum atomic E-state index is 14.8. The zero-order valence-corrected chi connectivity index (χ0v) is 36.9. The monoisotopic (exact) mass is 833 g/mol. The van der Waals surface area contributed by atoms with Crippen molar-refractivity contribution < 1.29 is 27.8 Å². The van der Waals surface area contributed by atoms with Crippen LogP contribution in [-0.2, 0) is 26.4 Å². The first kappa shape index (κ1) is 47.8. The van der Waals surface area contributed by atoms with Crippen molar-refractivity contribution in [2.24, 2.45) is 16.8 Å². The smallest absolute Gasteiger partial charge is 0.229 e. The highest BCUT2D eigenvalue weighted by molar-refractivity contribution is 6.07. The maximum Gasteiger partial charge on any atom is 0.229 e. The van der Waals surface area contributed by atoms with E-state index in [0.717, 1.165) is 87.9 Å². The molecule has 3 aromatic carbocycles. The number of nitrogens with zero attached hydrogens (tertiary/aromatic N) is 8. The quantitative estimate of drug-likeness (QED) is 0.0471. The van der Waals surface area contributed by atoms with Crippen LogP contribution in [0.25, 0.3) is 0 Å². The molecule has 0 aliphatic carbocycles. The lowest BCUT2D eigenvalue weighted by Gasteiger charge is -2.37. The van der Waals surface area contributed by atoms with Crippen LogP contribution in [0.2, 0.25) is 0 Å². The Morgan fingerprint density at radius 2 is 1.53 bits per heavy atom. The van der Waals surface area contributed by atoms with Crippen molar-refractivity contribution in [2.75, 3.05) is 94.0 Å². The molecule has 328 valence electrons. The van der Waals surface area contributed by atoms with Crippen LogP contribution in [-0.4, -0.2) is 111 Å². The second kappa shape index (κ2) is 24.4. The predicted octanol–water partition coefficient (Wildman–Crippen LogP) is 7.93. The average Bonchev–Trinajstić information content (AvgIpc) is 3.77. The first-order valence-electron chi connectivity index (χ1n) is 21.2. The van der Waals surface area contributed by atoms with Gasteiger partial charge in [-0.2, -0.15) is 5.10 Å². The van der Waals surface area contributed by atoms with Crippen LogP contribution in [0.5, 0.6) is 5.75 Å². The lowest BCUT2D eigenvalue weighted by Crippen LogP contribution is -2.46. The largest absolute Gasteiger partial charge is 0.493 e. The molecule has 1 aliphatic heterocycles. The first-order chi connectivity index (χ1) is 28.9. The van der Waals surface area contributed by atoms with Gasteiger partial charge in [0.2, 0.25) is 5.91 Å². The summed E-state index contributed by atoms with van der Waals surface area (Å²) in [6, 6.07) is 19.6. The molecule has 1 aromatic heterocycles. The van der Waals surface area contributed by atoms with Gasteiger partial charge in [0, 0.05) is 87.9 Å². The highest BCUT2D eigenvalue weighted by Crippen LogP contribution is 2.31. The number of halogens is 2. The summed E-state index contributed by atoms with van der Waals surface area (Å²) in [6.45, 7) is 23.6. The van der Waals surface area contributed by atoms with Crippen LogP contribution >= 0.6 is 0 Å². The molecular weight excluding hydrogens is 767 g/mol. The summed E-state index contributed by atoms with van der Waals surface area (Å²) < 4.78 is 47.9. The van der Waals surface area contributed by atoms with Gasteiger partial charge in [-0.15, -0.1) is 0 Å². The molecule has 60 heavy (non-hydrogen) atoms. The maximum absolute atomic E-state index is 14.8. The third kappa shape index (κ3) is 14.7. The van der Waals surface area contributed by atoms with E-state index in [2.05, 4.69) is 69.6 Å². The predicted molar refractivity (Wildman–Crippen MR) is 237 cm³/mol. The van der Waals surface area contributed by atoms with Crippen molar-refractivity contribution >= 4 is 29.3 Å². The molecule has 0 saturated carbocycles. The Hall–Kier alpha value is -4.92. The second-order valence-corrected chi connectivity index (χ2v) is 15.5. The fraction of sp³-hybridized carbons (Fsp3) is 0.522. The molecule has 1 saturated heterocycles. The van der Waals surface area contributed by atoms with Crippen LogP contribution in [0, 0.1) is 23.5 Å². The van der Waals surface area contributed by atoms with E-state index in [0.29, 0.717) is 12.5 Å². The molecule has 3 atom stereocenters. The van der Waals surface area contributed by atoms with Gasteiger partial charge in [0.25, 0.3) is 0 Å². The van der Waals surface area contributed by atoms with E-state index in [9.17, 15) is 13.6 Å². The van der Waals surface area contributed by atoms with Crippen molar-refractivity contribution in [2.45, 2.75) is 67.0 Å². The van der Waals surface area contributed by atoms with Gasteiger partial charge in [0.15, 0.2) is 0 Å². The number of carbonyl (C=O) groups is 1. The zero-order valence-electron chi connectivity index (χ0n) is 36.9. The van der Waals surface area contributed by atoms with Crippen LogP contribution in [0.3, 0.4) is 0 Å². The second-order valence-electron chi connectivity index (χ2n) is 15.5. The molecular formula is C46H66F2N8O4. The van der Waals surface area contributed by atoms with Crippen LogP contribution in [0.1, 0.15) is 60.5 Å². The number of piperazine rings is 1. The van der Waals surface area contributed by atoms with E-state index in [1.54, 1.807) is 18.7 Å². The van der Waals surface area contributed by atoms with Crippen molar-refractivity contribution in [1.29, 1.82) is 0 Å². The SMILES string of the molecule is CCC(C)COCCN(CC)CC.CN=CN(C(C)=O)c1ccc(N2CCN(c3ccc(OCC(C)COC(C)(Cn4cncn4)c4ccc(F)cc4F)cc3)CC2)cc1. The Labute approximate surface area is 356 Å². The summed E-state index contributed by atoms with van der Waals surface area (Å²) >= 11 is 0. The van der Waals surface area contributed by atoms with Gasteiger partial charge in [-0.3, -0.25) is 14.7 Å². The highest BCUT2D eigenvalue weighted by Gasteiger charge is 2.33. The summed E-state index contributed by atoms with van der Waals surface area (Å²) in [5, 5.41) is 4.14. The number of rotatable bonds is 21. The molecule has 1 amide bonds. The number of anilines is 3. The fourth-order valence-corrected chi connectivity index (χ4v) is 6.74. The number of hydrogen-bond acceptors (Lipinski definition) is 10. The van der Waals surface area contributed by atoms with Gasteiger partial charge in [-0.1, -0.05) is 47.1 Å². The molecule has 0 bridgehead atoms. The topological polar surface area (TPSA) is 101 Å². The molecule has 4 aromatic rings. The van der Waals surface area contributed by atoms with Crippen molar-refractivity contribution in [3.63, 3.8) is 0 Å². The summed E-state index contributed by atoms with van der Waals surface area (Å²) in [6.07, 6.45) is 5.68. The molecule has 3 unspecified atom stereocenters. The van der Waals surface area contributed by atoms with E-state index in [1.807, 2.05) is 43.3 Å². The zero-order chi connectivity index (χ0) is 43.5. The molecule has 14 heteroatoms. The molecule has 1 aliphatic rings. The number of aromatic nitrogens is 3. The van der Waals surface area contributed by atoms with E-state index in [1.165, 1.54) is 49.4 Å². The minimum absolute atomic E-state index is 0.0132. The van der Waals surface area contributed by atoms with Gasteiger partial charge >= 0.3 is 0 Å². The summed E-state index contributed by atoms with van der Waals surface area (Å²) in [5.74, 6) is 0.0385. The first-order valence-corrected chi connectivity index (χ1v) is 21.2. The van der Waals surface area contributed by atoms with Crippen LogP contribution in [0.15, 0.2) is 84.4 Å². The molecule has 0 spiro atoms. The Kier molecular flexibility index (Phi) is 19.4. The summed E-state index contributed by atoms with van der Waals surface area (Å²) in [5.41, 5.74) is 2.18. The third-order valence-corrected chi connectivity index (χ3v) is 10.7. The Morgan fingerprint density at radius 1 is 0.900 bits per heavy atom. The minimum Gasteiger partial charge on any atom is -0.493 e. The Bertz CT molecular complexity index is 1850. The molecule has 0 radical (unpaired) electrons. The molecule has 5 rings (SSSR count).